The summed E-state index contributed by atoms with van der Waals surface area (Å²) in [6.45, 7) is 3.62. The minimum atomic E-state index is 0.188. The van der Waals surface area contributed by atoms with Gasteiger partial charge in [0.2, 0.25) is 5.91 Å². The first-order valence-electron chi connectivity index (χ1n) is 8.35. The van der Waals surface area contributed by atoms with Gasteiger partial charge in [-0.25, -0.2) is 9.97 Å². The molecule has 0 aliphatic carbocycles. The Morgan fingerprint density at radius 1 is 1.29 bits per heavy atom. The van der Waals surface area contributed by atoms with E-state index in [2.05, 4.69) is 15.0 Å². The molecule has 2 N–H and O–H groups in total. The van der Waals surface area contributed by atoms with Gasteiger partial charge in [-0.3, -0.25) is 9.78 Å². The summed E-state index contributed by atoms with van der Waals surface area (Å²) in [5.41, 5.74) is 7.45. The minimum absolute atomic E-state index is 0.188. The second kappa shape index (κ2) is 7.70. The molecule has 2 aromatic heterocycles. The third kappa shape index (κ3) is 4.50. The van der Waals surface area contributed by atoms with Crippen molar-refractivity contribution in [2.24, 2.45) is 5.92 Å². The molecule has 1 fully saturated rings. The van der Waals surface area contributed by atoms with Gasteiger partial charge in [0.1, 0.15) is 5.82 Å². The van der Waals surface area contributed by atoms with Crippen molar-refractivity contribution in [2.75, 3.05) is 18.8 Å². The number of aromatic nitrogens is 3. The monoisotopic (exact) mass is 345 g/mol. The molecule has 3 rings (SSSR count). The maximum atomic E-state index is 12.5. The van der Waals surface area contributed by atoms with Crippen molar-refractivity contribution in [1.29, 1.82) is 0 Å². The zero-order valence-electron chi connectivity index (χ0n) is 13.9. The summed E-state index contributed by atoms with van der Waals surface area (Å²) in [4.78, 5) is 27.3. The number of anilines is 1. The molecule has 1 aliphatic heterocycles. The molecular weight excluding hydrogens is 322 g/mol. The number of nitrogens with zero attached hydrogens (tertiary/aromatic N) is 4. The summed E-state index contributed by atoms with van der Waals surface area (Å²) in [5.74, 6) is 1.18. The van der Waals surface area contributed by atoms with E-state index in [4.69, 9.17) is 5.73 Å². The number of hydrogen-bond donors (Lipinski definition) is 1. The molecule has 128 valence electrons. The molecule has 1 saturated heterocycles. The SMILES string of the molecule is Cc1nc(CC(=O)N2CCC[C@H](Cc3cnc(N)cn3)CC2)cs1. The first-order chi connectivity index (χ1) is 11.6. The molecule has 2 aromatic rings. The van der Waals surface area contributed by atoms with E-state index in [1.165, 1.54) is 0 Å². The van der Waals surface area contributed by atoms with Crippen molar-refractivity contribution in [3.8, 4) is 0 Å². The largest absolute Gasteiger partial charge is 0.382 e. The van der Waals surface area contributed by atoms with Crippen LogP contribution in [0, 0.1) is 12.8 Å². The van der Waals surface area contributed by atoms with Crippen LogP contribution in [0.25, 0.3) is 0 Å². The average Bonchev–Trinajstić information content (AvgIpc) is 2.83. The average molecular weight is 345 g/mol. The molecular formula is C17H23N5OS. The van der Waals surface area contributed by atoms with Gasteiger partial charge in [-0.05, 0) is 38.5 Å². The number of thiazole rings is 1. The van der Waals surface area contributed by atoms with Crippen LogP contribution in [0.4, 0.5) is 5.82 Å². The lowest BCUT2D eigenvalue weighted by Gasteiger charge is -2.20. The second-order valence-corrected chi connectivity index (χ2v) is 7.41. The topological polar surface area (TPSA) is 85.0 Å². The summed E-state index contributed by atoms with van der Waals surface area (Å²) in [6, 6.07) is 0. The van der Waals surface area contributed by atoms with Crippen LogP contribution in [0.1, 0.15) is 35.7 Å². The van der Waals surface area contributed by atoms with Crippen molar-refractivity contribution < 1.29 is 4.79 Å². The number of nitrogens with two attached hydrogens (primary N) is 1. The molecule has 1 amide bonds. The molecule has 7 heteroatoms. The first-order valence-corrected chi connectivity index (χ1v) is 9.23. The minimum Gasteiger partial charge on any atom is -0.382 e. The normalized spacial score (nSPS) is 18.4. The Balaban J connectivity index is 1.52. The Bertz CT molecular complexity index is 685. The summed E-state index contributed by atoms with van der Waals surface area (Å²) in [5, 5.41) is 2.99. The molecule has 0 saturated carbocycles. The van der Waals surface area contributed by atoms with Gasteiger partial charge in [0, 0.05) is 18.5 Å². The van der Waals surface area contributed by atoms with Crippen molar-refractivity contribution in [2.45, 2.75) is 39.0 Å². The highest BCUT2D eigenvalue weighted by molar-refractivity contribution is 7.09. The van der Waals surface area contributed by atoms with Gasteiger partial charge in [-0.1, -0.05) is 0 Å². The van der Waals surface area contributed by atoms with E-state index < -0.39 is 0 Å². The van der Waals surface area contributed by atoms with E-state index in [-0.39, 0.29) is 5.91 Å². The lowest BCUT2D eigenvalue weighted by molar-refractivity contribution is -0.130. The smallest absolute Gasteiger partial charge is 0.228 e. The van der Waals surface area contributed by atoms with Crippen molar-refractivity contribution in [3.05, 3.63) is 34.2 Å². The number of hydrogen-bond acceptors (Lipinski definition) is 6. The second-order valence-electron chi connectivity index (χ2n) is 6.35. The highest BCUT2D eigenvalue weighted by Crippen LogP contribution is 2.22. The van der Waals surface area contributed by atoms with Crippen LogP contribution in [0.2, 0.25) is 0 Å². The molecule has 0 spiro atoms. The van der Waals surface area contributed by atoms with Crippen LogP contribution in [-0.4, -0.2) is 38.8 Å². The van der Waals surface area contributed by atoms with Crippen molar-refractivity contribution in [3.63, 3.8) is 0 Å². The van der Waals surface area contributed by atoms with Crippen LogP contribution in [0.15, 0.2) is 17.8 Å². The Kier molecular flexibility index (Phi) is 5.40. The number of carbonyl (C=O) groups is 1. The van der Waals surface area contributed by atoms with Crippen LogP contribution in [0.3, 0.4) is 0 Å². The number of rotatable bonds is 4. The van der Waals surface area contributed by atoms with Crippen LogP contribution < -0.4 is 5.73 Å². The summed E-state index contributed by atoms with van der Waals surface area (Å²) < 4.78 is 0. The van der Waals surface area contributed by atoms with Crippen LogP contribution in [0.5, 0.6) is 0 Å². The van der Waals surface area contributed by atoms with Gasteiger partial charge < -0.3 is 10.6 Å². The zero-order chi connectivity index (χ0) is 16.9. The number of nitrogen functional groups attached to an aromatic ring is 1. The van der Waals surface area contributed by atoms with Crippen molar-refractivity contribution >= 4 is 23.1 Å². The lowest BCUT2D eigenvalue weighted by atomic mass is 9.95. The van der Waals surface area contributed by atoms with Gasteiger partial charge in [0.15, 0.2) is 0 Å². The zero-order valence-corrected chi connectivity index (χ0v) is 14.8. The molecule has 3 heterocycles. The van der Waals surface area contributed by atoms with Crippen LogP contribution in [-0.2, 0) is 17.6 Å². The van der Waals surface area contributed by atoms with E-state index in [1.807, 2.05) is 17.2 Å². The fraction of sp³-hybridized carbons (Fsp3) is 0.529. The summed E-state index contributed by atoms with van der Waals surface area (Å²) >= 11 is 1.60. The molecule has 6 nitrogen and oxygen atoms in total. The fourth-order valence-corrected chi connectivity index (χ4v) is 3.75. The predicted molar refractivity (Wildman–Crippen MR) is 94.6 cm³/mol. The molecule has 0 radical (unpaired) electrons. The van der Waals surface area contributed by atoms with Gasteiger partial charge in [-0.15, -0.1) is 11.3 Å². The fourth-order valence-electron chi connectivity index (χ4n) is 3.14. The summed E-state index contributed by atoms with van der Waals surface area (Å²) in [6.07, 6.45) is 7.85. The molecule has 24 heavy (non-hydrogen) atoms. The Hall–Kier alpha value is -2.02. The molecule has 0 aromatic carbocycles. The number of aryl methyl sites for hydroxylation is 1. The molecule has 1 atom stereocenters. The number of likely N-dealkylation sites (tertiary alicyclic amines) is 1. The molecule has 1 aliphatic rings. The third-order valence-electron chi connectivity index (χ3n) is 4.42. The maximum Gasteiger partial charge on any atom is 0.228 e. The summed E-state index contributed by atoms with van der Waals surface area (Å²) in [7, 11) is 0. The van der Waals surface area contributed by atoms with Gasteiger partial charge in [0.25, 0.3) is 0 Å². The van der Waals surface area contributed by atoms with Gasteiger partial charge in [-0.2, -0.15) is 0 Å². The van der Waals surface area contributed by atoms with Gasteiger partial charge in [0.05, 0.1) is 35.2 Å². The quantitative estimate of drug-likeness (QED) is 0.918. The first kappa shape index (κ1) is 16.8. The van der Waals surface area contributed by atoms with E-state index in [9.17, 15) is 4.79 Å². The number of carbonyl (C=O) groups excluding carboxylic acids is 1. The molecule has 0 bridgehead atoms. The highest BCUT2D eigenvalue weighted by atomic mass is 32.1. The lowest BCUT2D eigenvalue weighted by Crippen LogP contribution is -2.33. The predicted octanol–water partition coefficient (Wildman–Crippen LogP) is 2.24. The van der Waals surface area contributed by atoms with E-state index in [1.54, 1.807) is 23.7 Å². The number of amides is 1. The van der Waals surface area contributed by atoms with E-state index in [0.29, 0.717) is 18.2 Å². The Morgan fingerprint density at radius 2 is 2.17 bits per heavy atom. The maximum absolute atomic E-state index is 12.5. The van der Waals surface area contributed by atoms with Crippen LogP contribution >= 0.6 is 11.3 Å². The Morgan fingerprint density at radius 3 is 2.88 bits per heavy atom. The van der Waals surface area contributed by atoms with Gasteiger partial charge >= 0.3 is 0 Å². The van der Waals surface area contributed by atoms with E-state index >= 15 is 0 Å². The third-order valence-corrected chi connectivity index (χ3v) is 5.24. The highest BCUT2D eigenvalue weighted by Gasteiger charge is 2.21. The Labute approximate surface area is 146 Å². The van der Waals surface area contributed by atoms with E-state index in [0.717, 1.165) is 55.2 Å². The molecule has 0 unspecified atom stereocenters. The van der Waals surface area contributed by atoms with Crippen molar-refractivity contribution in [1.82, 2.24) is 19.9 Å². The standard InChI is InChI=1S/C17H23N5OS/c1-12-21-15(11-24-12)8-17(23)22-5-2-3-13(4-6-22)7-14-9-20-16(18)10-19-14/h9-11,13H,2-8H2,1H3,(H2,18,20)/t13-/m0/s1.